The summed E-state index contributed by atoms with van der Waals surface area (Å²) in [5.41, 5.74) is 0. The van der Waals surface area contributed by atoms with Crippen LogP contribution in [0.4, 0.5) is 0 Å². The third-order valence-corrected chi connectivity index (χ3v) is 3.22. The Bertz CT molecular complexity index is 107. The second-order valence-electron chi connectivity index (χ2n) is 2.48. The summed E-state index contributed by atoms with van der Waals surface area (Å²) in [6.07, 6.45) is 2.92. The molecule has 0 aromatic heterocycles. The standard InChI is InChI=1S/C7H11BrS/c1-6(8)4-9-5-7-2-3-7/h7H,1-5H2. The Morgan fingerprint density at radius 1 is 1.67 bits per heavy atom. The number of halogens is 1. The van der Waals surface area contributed by atoms with Crippen LogP contribution in [0.15, 0.2) is 11.1 Å². The Labute approximate surface area is 69.2 Å². The minimum absolute atomic E-state index is 1.04. The first-order valence-corrected chi connectivity index (χ1v) is 5.15. The molecule has 0 spiro atoms. The van der Waals surface area contributed by atoms with Gasteiger partial charge in [0.15, 0.2) is 0 Å². The molecule has 0 aromatic rings. The van der Waals surface area contributed by atoms with Crippen molar-refractivity contribution in [3.05, 3.63) is 11.1 Å². The molecule has 0 N–H and O–H groups in total. The molecule has 0 saturated heterocycles. The lowest BCUT2D eigenvalue weighted by Gasteiger charge is -1.95. The average molecular weight is 207 g/mol. The van der Waals surface area contributed by atoms with Crippen LogP contribution in [0.3, 0.4) is 0 Å². The number of hydrogen-bond donors (Lipinski definition) is 0. The molecule has 0 heterocycles. The van der Waals surface area contributed by atoms with Crippen LogP contribution in [-0.4, -0.2) is 11.5 Å². The smallest absolute Gasteiger partial charge is 0.0244 e. The van der Waals surface area contributed by atoms with Crippen molar-refractivity contribution in [2.24, 2.45) is 5.92 Å². The SMILES string of the molecule is C=C(Br)CSCC1CC1. The van der Waals surface area contributed by atoms with Crippen LogP contribution in [0.25, 0.3) is 0 Å². The van der Waals surface area contributed by atoms with E-state index in [1.807, 2.05) is 11.8 Å². The van der Waals surface area contributed by atoms with E-state index in [0.717, 1.165) is 16.2 Å². The van der Waals surface area contributed by atoms with Gasteiger partial charge in [0, 0.05) is 5.75 Å². The van der Waals surface area contributed by atoms with Crippen molar-refractivity contribution in [2.75, 3.05) is 11.5 Å². The molecule has 0 nitrogen and oxygen atoms in total. The van der Waals surface area contributed by atoms with Gasteiger partial charge in [-0.3, -0.25) is 0 Å². The fraction of sp³-hybridized carbons (Fsp3) is 0.714. The summed E-state index contributed by atoms with van der Waals surface area (Å²) in [5, 5.41) is 0. The first kappa shape index (κ1) is 7.67. The molecule has 1 aliphatic carbocycles. The van der Waals surface area contributed by atoms with E-state index in [-0.39, 0.29) is 0 Å². The van der Waals surface area contributed by atoms with Gasteiger partial charge >= 0.3 is 0 Å². The van der Waals surface area contributed by atoms with Gasteiger partial charge in [-0.25, -0.2) is 0 Å². The van der Waals surface area contributed by atoms with E-state index in [2.05, 4.69) is 22.5 Å². The monoisotopic (exact) mass is 206 g/mol. The summed E-state index contributed by atoms with van der Waals surface area (Å²) in [7, 11) is 0. The molecule has 2 heteroatoms. The van der Waals surface area contributed by atoms with Crippen molar-refractivity contribution in [2.45, 2.75) is 12.8 Å². The van der Waals surface area contributed by atoms with Crippen LogP contribution in [0.1, 0.15) is 12.8 Å². The maximum atomic E-state index is 3.77. The highest BCUT2D eigenvalue weighted by atomic mass is 79.9. The van der Waals surface area contributed by atoms with Gasteiger partial charge in [-0.1, -0.05) is 22.5 Å². The maximum absolute atomic E-state index is 3.77. The second-order valence-corrected chi connectivity index (χ2v) is 4.63. The van der Waals surface area contributed by atoms with Crippen LogP contribution in [0, 0.1) is 5.92 Å². The van der Waals surface area contributed by atoms with E-state index in [1.54, 1.807) is 0 Å². The van der Waals surface area contributed by atoms with E-state index in [0.29, 0.717) is 0 Å². The minimum Gasteiger partial charge on any atom is -0.156 e. The van der Waals surface area contributed by atoms with E-state index < -0.39 is 0 Å². The Hall–Kier alpha value is 0.570. The summed E-state index contributed by atoms with van der Waals surface area (Å²) in [6.45, 7) is 3.77. The van der Waals surface area contributed by atoms with Gasteiger partial charge in [-0.05, 0) is 29.0 Å². The highest BCUT2D eigenvalue weighted by Crippen LogP contribution is 2.32. The van der Waals surface area contributed by atoms with E-state index in [4.69, 9.17) is 0 Å². The minimum atomic E-state index is 1.04. The highest BCUT2D eigenvalue weighted by molar-refractivity contribution is 9.11. The van der Waals surface area contributed by atoms with Crippen LogP contribution >= 0.6 is 27.7 Å². The topological polar surface area (TPSA) is 0 Å². The van der Waals surface area contributed by atoms with Gasteiger partial charge in [0.25, 0.3) is 0 Å². The molecule has 0 aromatic carbocycles. The predicted octanol–water partition coefficient (Wildman–Crippen LogP) is 3.04. The zero-order chi connectivity index (χ0) is 6.69. The quantitative estimate of drug-likeness (QED) is 0.682. The zero-order valence-corrected chi connectivity index (χ0v) is 7.80. The van der Waals surface area contributed by atoms with Gasteiger partial charge in [0.1, 0.15) is 0 Å². The molecular formula is C7H11BrS. The third-order valence-electron chi connectivity index (χ3n) is 1.31. The third kappa shape index (κ3) is 4.04. The van der Waals surface area contributed by atoms with Crippen molar-refractivity contribution in [1.29, 1.82) is 0 Å². The van der Waals surface area contributed by atoms with Crippen molar-refractivity contribution in [3.63, 3.8) is 0 Å². The number of rotatable bonds is 4. The van der Waals surface area contributed by atoms with Gasteiger partial charge in [0.05, 0.1) is 0 Å². The van der Waals surface area contributed by atoms with Crippen molar-refractivity contribution >= 4 is 27.7 Å². The predicted molar refractivity (Wildman–Crippen MR) is 48.1 cm³/mol. The Kier molecular flexibility index (Phi) is 3.13. The summed E-state index contributed by atoms with van der Waals surface area (Å²) in [6, 6.07) is 0. The fourth-order valence-electron chi connectivity index (χ4n) is 0.621. The molecule has 1 aliphatic rings. The Balaban J connectivity index is 1.86. The van der Waals surface area contributed by atoms with Crippen LogP contribution < -0.4 is 0 Å². The van der Waals surface area contributed by atoms with Crippen LogP contribution in [-0.2, 0) is 0 Å². The molecule has 1 saturated carbocycles. The van der Waals surface area contributed by atoms with Gasteiger partial charge in [-0.15, -0.1) is 0 Å². The molecule has 0 atom stereocenters. The number of hydrogen-bond acceptors (Lipinski definition) is 1. The lowest BCUT2D eigenvalue weighted by Crippen LogP contribution is -1.82. The summed E-state index contributed by atoms with van der Waals surface area (Å²) in [5.74, 6) is 3.46. The summed E-state index contributed by atoms with van der Waals surface area (Å²) >= 11 is 5.32. The molecule has 0 amide bonds. The molecule has 1 fully saturated rings. The van der Waals surface area contributed by atoms with Gasteiger partial charge < -0.3 is 0 Å². The maximum Gasteiger partial charge on any atom is 0.0244 e. The van der Waals surface area contributed by atoms with E-state index in [1.165, 1.54) is 18.6 Å². The van der Waals surface area contributed by atoms with Gasteiger partial charge in [0.2, 0.25) is 0 Å². The van der Waals surface area contributed by atoms with Crippen LogP contribution in [0.2, 0.25) is 0 Å². The molecular weight excluding hydrogens is 196 g/mol. The Morgan fingerprint density at radius 3 is 2.78 bits per heavy atom. The van der Waals surface area contributed by atoms with E-state index >= 15 is 0 Å². The lowest BCUT2D eigenvalue weighted by atomic mass is 10.5. The first-order chi connectivity index (χ1) is 4.29. The number of thioether (sulfide) groups is 1. The summed E-state index contributed by atoms with van der Waals surface area (Å²) in [4.78, 5) is 0. The molecule has 0 unspecified atom stereocenters. The average Bonchev–Trinajstić information content (AvgIpc) is 2.48. The first-order valence-electron chi connectivity index (χ1n) is 3.20. The molecule has 0 bridgehead atoms. The molecule has 0 aliphatic heterocycles. The van der Waals surface area contributed by atoms with E-state index in [9.17, 15) is 0 Å². The molecule has 1 rings (SSSR count). The second kappa shape index (κ2) is 3.67. The molecule has 52 valence electrons. The van der Waals surface area contributed by atoms with Crippen molar-refractivity contribution in [1.82, 2.24) is 0 Å². The van der Waals surface area contributed by atoms with Gasteiger partial charge in [-0.2, -0.15) is 11.8 Å². The normalized spacial score (nSPS) is 17.9. The van der Waals surface area contributed by atoms with Crippen molar-refractivity contribution in [3.8, 4) is 0 Å². The highest BCUT2D eigenvalue weighted by Gasteiger charge is 2.20. The Morgan fingerprint density at radius 2 is 2.33 bits per heavy atom. The lowest BCUT2D eigenvalue weighted by molar-refractivity contribution is 1.00. The largest absolute Gasteiger partial charge is 0.156 e. The van der Waals surface area contributed by atoms with Crippen LogP contribution in [0.5, 0.6) is 0 Å². The summed E-state index contributed by atoms with van der Waals surface area (Å²) < 4.78 is 1.12. The molecule has 9 heavy (non-hydrogen) atoms. The zero-order valence-electron chi connectivity index (χ0n) is 5.40. The fourth-order valence-corrected chi connectivity index (χ4v) is 2.11. The van der Waals surface area contributed by atoms with Crippen molar-refractivity contribution < 1.29 is 0 Å². The molecule has 0 radical (unpaired) electrons.